The average molecular weight is 381 g/mol. The predicted octanol–water partition coefficient (Wildman–Crippen LogP) is 2.90. The van der Waals surface area contributed by atoms with Crippen LogP contribution in [-0.4, -0.2) is 31.3 Å². The lowest BCUT2D eigenvalue weighted by Crippen LogP contribution is -3.17. The highest BCUT2D eigenvalue weighted by atomic mass is 16.5. The lowest BCUT2D eigenvalue weighted by Gasteiger charge is -2.36. The molecule has 5 nitrogen and oxygen atoms in total. The molecule has 0 spiro atoms. The van der Waals surface area contributed by atoms with Crippen LogP contribution in [-0.2, 0) is 6.54 Å². The number of piperidine rings is 1. The summed E-state index contributed by atoms with van der Waals surface area (Å²) in [5.74, 6) is 0.907. The first-order valence-electron chi connectivity index (χ1n) is 10.2. The molecule has 2 aliphatic rings. The smallest absolute Gasteiger partial charge is 0.319 e. The Labute approximate surface area is 167 Å². The third-order valence-electron chi connectivity index (χ3n) is 6.23. The topological polar surface area (TPSA) is 54.8 Å². The van der Waals surface area contributed by atoms with E-state index in [-0.39, 0.29) is 12.1 Å². The molecule has 2 aromatic carbocycles. The van der Waals surface area contributed by atoms with Crippen LogP contribution in [0.15, 0.2) is 48.5 Å². The van der Waals surface area contributed by atoms with E-state index in [2.05, 4.69) is 22.8 Å². The van der Waals surface area contributed by atoms with Gasteiger partial charge in [-0.05, 0) is 48.9 Å². The van der Waals surface area contributed by atoms with Crippen molar-refractivity contribution < 1.29 is 14.4 Å². The molecule has 0 aromatic heterocycles. The third kappa shape index (κ3) is 4.30. The molecule has 0 aliphatic carbocycles. The Morgan fingerprint density at radius 2 is 1.82 bits per heavy atom. The van der Waals surface area contributed by atoms with Gasteiger partial charge in [0.05, 0.1) is 19.2 Å². The van der Waals surface area contributed by atoms with Crippen LogP contribution in [0.25, 0.3) is 0 Å². The number of urea groups is 1. The molecule has 2 bridgehead atoms. The summed E-state index contributed by atoms with van der Waals surface area (Å²) in [6, 6.07) is 17.8. The minimum atomic E-state index is -0.0893. The Kier molecular flexibility index (Phi) is 5.53. The SMILES string of the molecule is COc1ccc(C[NH+]2[C@@H]3CC[C@H]2CC(NC(=O)Nc2cccc(C)c2)C3)cc1. The van der Waals surface area contributed by atoms with E-state index in [1.165, 1.54) is 18.4 Å². The number of carbonyl (C=O) groups excluding carboxylic acids is 1. The van der Waals surface area contributed by atoms with Crippen LogP contribution < -0.4 is 20.3 Å². The predicted molar refractivity (Wildman–Crippen MR) is 111 cm³/mol. The number of hydrogen-bond acceptors (Lipinski definition) is 2. The molecular weight excluding hydrogens is 350 g/mol. The van der Waals surface area contributed by atoms with E-state index >= 15 is 0 Å². The molecule has 2 aromatic rings. The Morgan fingerprint density at radius 1 is 1.11 bits per heavy atom. The molecule has 2 unspecified atom stereocenters. The molecule has 148 valence electrons. The van der Waals surface area contributed by atoms with Crippen LogP contribution in [0.4, 0.5) is 10.5 Å². The van der Waals surface area contributed by atoms with Gasteiger partial charge in [0.1, 0.15) is 12.3 Å². The molecule has 4 rings (SSSR count). The Bertz CT molecular complexity index is 807. The fourth-order valence-corrected chi connectivity index (χ4v) is 4.89. The van der Waals surface area contributed by atoms with Crippen molar-refractivity contribution in [2.24, 2.45) is 0 Å². The van der Waals surface area contributed by atoms with Gasteiger partial charge in [0, 0.05) is 43.0 Å². The summed E-state index contributed by atoms with van der Waals surface area (Å²) in [6.45, 7) is 3.09. The van der Waals surface area contributed by atoms with Gasteiger partial charge in [-0.3, -0.25) is 0 Å². The van der Waals surface area contributed by atoms with Crippen molar-refractivity contribution in [3.63, 3.8) is 0 Å². The first kappa shape index (κ1) is 18.8. The van der Waals surface area contributed by atoms with Crippen molar-refractivity contribution in [1.29, 1.82) is 0 Å². The number of nitrogens with one attached hydrogen (secondary N) is 3. The summed E-state index contributed by atoms with van der Waals surface area (Å²) >= 11 is 0. The summed E-state index contributed by atoms with van der Waals surface area (Å²) in [4.78, 5) is 14.1. The number of methoxy groups -OCH3 is 1. The molecular formula is C23H30N3O2+. The van der Waals surface area contributed by atoms with Crippen molar-refractivity contribution in [3.05, 3.63) is 59.7 Å². The number of hydrogen-bond donors (Lipinski definition) is 3. The van der Waals surface area contributed by atoms with E-state index in [1.54, 1.807) is 12.0 Å². The summed E-state index contributed by atoms with van der Waals surface area (Å²) in [5, 5.41) is 6.18. The molecule has 2 fully saturated rings. The molecule has 28 heavy (non-hydrogen) atoms. The Hall–Kier alpha value is -2.53. The summed E-state index contributed by atoms with van der Waals surface area (Å²) in [5.41, 5.74) is 3.35. The molecule has 2 heterocycles. The van der Waals surface area contributed by atoms with Crippen molar-refractivity contribution in [2.45, 2.75) is 57.3 Å². The van der Waals surface area contributed by atoms with Gasteiger partial charge in [0.2, 0.25) is 0 Å². The first-order valence-corrected chi connectivity index (χ1v) is 10.2. The van der Waals surface area contributed by atoms with Gasteiger partial charge in [-0.25, -0.2) is 4.79 Å². The van der Waals surface area contributed by atoms with E-state index < -0.39 is 0 Å². The number of rotatable bonds is 5. The maximum absolute atomic E-state index is 12.4. The highest BCUT2D eigenvalue weighted by Crippen LogP contribution is 2.24. The summed E-state index contributed by atoms with van der Waals surface area (Å²) in [7, 11) is 1.70. The third-order valence-corrected chi connectivity index (χ3v) is 6.23. The molecule has 2 amide bonds. The van der Waals surface area contributed by atoms with Gasteiger partial charge in [-0.1, -0.05) is 12.1 Å². The van der Waals surface area contributed by atoms with E-state index in [4.69, 9.17) is 4.74 Å². The molecule has 4 atom stereocenters. The zero-order valence-corrected chi connectivity index (χ0v) is 16.7. The fraction of sp³-hybridized carbons (Fsp3) is 0.435. The lowest BCUT2D eigenvalue weighted by molar-refractivity contribution is -0.954. The summed E-state index contributed by atoms with van der Waals surface area (Å²) in [6.07, 6.45) is 4.63. The molecule has 3 N–H and O–H groups in total. The fourth-order valence-electron chi connectivity index (χ4n) is 4.89. The number of benzene rings is 2. The van der Waals surface area contributed by atoms with Crippen molar-refractivity contribution >= 4 is 11.7 Å². The van der Waals surface area contributed by atoms with Crippen molar-refractivity contribution in [3.8, 4) is 5.75 Å². The van der Waals surface area contributed by atoms with Crippen LogP contribution >= 0.6 is 0 Å². The number of fused-ring (bicyclic) bond motifs is 2. The Balaban J connectivity index is 1.32. The van der Waals surface area contributed by atoms with E-state index in [9.17, 15) is 4.79 Å². The van der Waals surface area contributed by atoms with Crippen LogP contribution in [0, 0.1) is 6.92 Å². The van der Waals surface area contributed by atoms with Crippen LogP contribution in [0.3, 0.4) is 0 Å². The van der Waals surface area contributed by atoms with Crippen molar-refractivity contribution in [1.82, 2.24) is 5.32 Å². The molecule has 0 radical (unpaired) electrons. The van der Waals surface area contributed by atoms with Crippen LogP contribution in [0.1, 0.15) is 36.8 Å². The largest absolute Gasteiger partial charge is 0.497 e. The number of aryl methyl sites for hydroxylation is 1. The molecule has 2 saturated heterocycles. The number of carbonyl (C=O) groups is 1. The summed E-state index contributed by atoms with van der Waals surface area (Å²) < 4.78 is 5.26. The van der Waals surface area contributed by atoms with Gasteiger partial charge in [0.15, 0.2) is 0 Å². The zero-order chi connectivity index (χ0) is 19.5. The van der Waals surface area contributed by atoms with E-state index in [1.807, 2.05) is 43.3 Å². The van der Waals surface area contributed by atoms with Gasteiger partial charge < -0.3 is 20.3 Å². The standard InChI is InChI=1S/C23H29N3O2/c1-16-4-3-5-18(12-16)24-23(27)25-19-13-20-8-9-21(14-19)26(20)15-17-6-10-22(28-2)11-7-17/h3-7,10-12,19-21H,8-9,13-15H2,1-2H3,(H2,24,25,27)/p+1/t19?,20-,21+. The number of amides is 2. The highest BCUT2D eigenvalue weighted by molar-refractivity contribution is 5.89. The average Bonchev–Trinajstić information content (AvgIpc) is 2.91. The molecule has 5 heteroatoms. The van der Waals surface area contributed by atoms with Gasteiger partial charge in [0.25, 0.3) is 0 Å². The van der Waals surface area contributed by atoms with Gasteiger partial charge in [-0.2, -0.15) is 0 Å². The van der Waals surface area contributed by atoms with Crippen LogP contribution in [0.5, 0.6) is 5.75 Å². The van der Waals surface area contributed by atoms with Gasteiger partial charge in [-0.15, -0.1) is 0 Å². The lowest BCUT2D eigenvalue weighted by atomic mass is 9.96. The number of quaternary nitrogens is 1. The zero-order valence-electron chi connectivity index (χ0n) is 16.7. The monoisotopic (exact) mass is 380 g/mol. The first-order chi connectivity index (χ1) is 13.6. The van der Waals surface area contributed by atoms with Gasteiger partial charge >= 0.3 is 6.03 Å². The number of ether oxygens (including phenoxy) is 1. The minimum absolute atomic E-state index is 0.0893. The second-order valence-electron chi connectivity index (χ2n) is 8.21. The minimum Gasteiger partial charge on any atom is -0.497 e. The maximum atomic E-state index is 12.4. The van der Waals surface area contributed by atoms with E-state index in [0.29, 0.717) is 12.1 Å². The van der Waals surface area contributed by atoms with E-state index in [0.717, 1.165) is 36.4 Å². The van der Waals surface area contributed by atoms with Crippen LogP contribution in [0.2, 0.25) is 0 Å². The molecule has 0 saturated carbocycles. The Morgan fingerprint density at radius 3 is 2.46 bits per heavy atom. The second kappa shape index (κ2) is 8.23. The highest BCUT2D eigenvalue weighted by Gasteiger charge is 2.44. The quantitative estimate of drug-likeness (QED) is 0.747. The maximum Gasteiger partial charge on any atom is 0.319 e. The second-order valence-corrected chi connectivity index (χ2v) is 8.21. The van der Waals surface area contributed by atoms with Crippen molar-refractivity contribution in [2.75, 3.05) is 12.4 Å². The normalized spacial score (nSPS) is 25.9. The number of anilines is 1. The molecule has 2 aliphatic heterocycles.